The highest BCUT2D eigenvalue weighted by Crippen LogP contribution is 2.25. The van der Waals surface area contributed by atoms with Crippen LogP contribution in [0.2, 0.25) is 0 Å². The number of rotatable bonds is 2. The number of Topliss-reactive ketones (excluding diaryl/α,β-unsaturated/α-hetero) is 1. The van der Waals surface area contributed by atoms with Crippen molar-refractivity contribution in [3.63, 3.8) is 0 Å². The van der Waals surface area contributed by atoms with Gasteiger partial charge in [-0.25, -0.2) is 0 Å². The van der Waals surface area contributed by atoms with E-state index in [1.54, 1.807) is 13.0 Å². The number of carbonyl (C=O) groups is 1. The standard InChI is InChI=1S/C9H8INO3/c1-5-3-7(10)4-8(11(13)14)9(5)6(2)12/h3-4H,1-2H3. The van der Waals surface area contributed by atoms with E-state index < -0.39 is 4.92 Å². The first kappa shape index (κ1) is 11.1. The van der Waals surface area contributed by atoms with Gasteiger partial charge in [-0.05, 0) is 48.1 Å². The maximum absolute atomic E-state index is 11.2. The Hall–Kier alpha value is -0.980. The van der Waals surface area contributed by atoms with Crippen LogP contribution < -0.4 is 0 Å². The molecular formula is C9H8INO3. The Morgan fingerprint density at radius 3 is 2.50 bits per heavy atom. The van der Waals surface area contributed by atoms with Crippen molar-refractivity contribution in [1.82, 2.24) is 0 Å². The fourth-order valence-corrected chi connectivity index (χ4v) is 2.09. The highest BCUT2D eigenvalue weighted by atomic mass is 127. The summed E-state index contributed by atoms with van der Waals surface area (Å²) in [6, 6.07) is 3.16. The largest absolute Gasteiger partial charge is 0.294 e. The minimum Gasteiger partial charge on any atom is -0.294 e. The van der Waals surface area contributed by atoms with E-state index in [1.807, 2.05) is 22.6 Å². The molecule has 1 aromatic carbocycles. The molecule has 14 heavy (non-hydrogen) atoms. The number of carbonyl (C=O) groups excluding carboxylic acids is 1. The predicted octanol–water partition coefficient (Wildman–Crippen LogP) is 2.71. The monoisotopic (exact) mass is 305 g/mol. The van der Waals surface area contributed by atoms with Crippen molar-refractivity contribution in [3.8, 4) is 0 Å². The van der Waals surface area contributed by atoms with Gasteiger partial charge in [0, 0.05) is 9.64 Å². The molecule has 0 aromatic heterocycles. The Bertz CT molecular complexity index is 415. The lowest BCUT2D eigenvalue weighted by molar-refractivity contribution is -0.385. The van der Waals surface area contributed by atoms with Crippen LogP contribution in [0, 0.1) is 20.6 Å². The summed E-state index contributed by atoms with van der Waals surface area (Å²) < 4.78 is 0.761. The fourth-order valence-electron chi connectivity index (χ4n) is 1.33. The zero-order chi connectivity index (χ0) is 10.9. The summed E-state index contributed by atoms with van der Waals surface area (Å²) in [5.74, 6) is -0.273. The van der Waals surface area contributed by atoms with E-state index in [2.05, 4.69) is 0 Å². The lowest BCUT2D eigenvalue weighted by atomic mass is 10.0. The highest BCUT2D eigenvalue weighted by molar-refractivity contribution is 14.1. The van der Waals surface area contributed by atoms with Crippen LogP contribution in [0.15, 0.2) is 12.1 Å². The van der Waals surface area contributed by atoms with Crippen LogP contribution in [0.1, 0.15) is 22.8 Å². The lowest BCUT2D eigenvalue weighted by Gasteiger charge is -2.03. The first-order chi connectivity index (χ1) is 6.43. The molecule has 0 N–H and O–H groups in total. The van der Waals surface area contributed by atoms with Gasteiger partial charge < -0.3 is 0 Å². The number of ketones is 1. The average molecular weight is 305 g/mol. The summed E-state index contributed by atoms with van der Waals surface area (Å²) in [6.07, 6.45) is 0. The molecule has 0 heterocycles. The van der Waals surface area contributed by atoms with Crippen LogP contribution in [0.5, 0.6) is 0 Å². The number of halogens is 1. The summed E-state index contributed by atoms with van der Waals surface area (Å²) >= 11 is 1.99. The van der Waals surface area contributed by atoms with Gasteiger partial charge in [0.25, 0.3) is 5.69 Å². The number of hydrogen-bond donors (Lipinski definition) is 0. The third-order valence-corrected chi connectivity index (χ3v) is 2.45. The Balaban J connectivity index is 3.52. The second kappa shape index (κ2) is 4.04. The molecule has 0 bridgehead atoms. The fraction of sp³-hybridized carbons (Fsp3) is 0.222. The second-order valence-corrected chi connectivity index (χ2v) is 4.18. The normalized spacial score (nSPS) is 9.93. The van der Waals surface area contributed by atoms with E-state index >= 15 is 0 Å². The van der Waals surface area contributed by atoms with Crippen molar-refractivity contribution >= 4 is 34.1 Å². The quantitative estimate of drug-likeness (QED) is 0.365. The molecule has 0 radical (unpaired) electrons. The van der Waals surface area contributed by atoms with Gasteiger partial charge in [-0.1, -0.05) is 0 Å². The summed E-state index contributed by atoms with van der Waals surface area (Å²) in [6.45, 7) is 3.04. The molecule has 0 fully saturated rings. The molecule has 74 valence electrons. The Labute approximate surface area is 94.6 Å². The molecule has 0 saturated heterocycles. The summed E-state index contributed by atoms with van der Waals surface area (Å²) in [7, 11) is 0. The molecule has 0 aliphatic carbocycles. The van der Waals surface area contributed by atoms with E-state index in [0.29, 0.717) is 5.56 Å². The zero-order valence-corrected chi connectivity index (χ0v) is 9.86. The maximum atomic E-state index is 11.2. The highest BCUT2D eigenvalue weighted by Gasteiger charge is 2.20. The smallest absolute Gasteiger partial charge is 0.281 e. The van der Waals surface area contributed by atoms with Crippen LogP contribution in [-0.4, -0.2) is 10.7 Å². The number of nitro groups is 1. The molecule has 0 spiro atoms. The van der Waals surface area contributed by atoms with Crippen LogP contribution in [-0.2, 0) is 0 Å². The molecule has 0 saturated carbocycles. The van der Waals surface area contributed by atoms with Crippen LogP contribution in [0.25, 0.3) is 0 Å². The Morgan fingerprint density at radius 1 is 1.50 bits per heavy atom. The molecule has 0 unspecified atom stereocenters. The van der Waals surface area contributed by atoms with E-state index in [4.69, 9.17) is 0 Å². The molecule has 0 amide bonds. The van der Waals surface area contributed by atoms with Gasteiger partial charge in [0.05, 0.1) is 10.5 Å². The molecule has 5 heteroatoms. The molecule has 0 aliphatic heterocycles. The molecule has 1 rings (SSSR count). The van der Waals surface area contributed by atoms with E-state index in [-0.39, 0.29) is 17.0 Å². The van der Waals surface area contributed by atoms with Crippen molar-refractivity contribution < 1.29 is 9.72 Å². The minimum absolute atomic E-state index is 0.109. The number of benzene rings is 1. The van der Waals surface area contributed by atoms with Crippen molar-refractivity contribution in [1.29, 1.82) is 0 Å². The molecular weight excluding hydrogens is 297 g/mol. The van der Waals surface area contributed by atoms with Gasteiger partial charge in [-0.15, -0.1) is 0 Å². The first-order valence-corrected chi connectivity index (χ1v) is 4.97. The summed E-state index contributed by atoms with van der Waals surface area (Å²) in [5, 5.41) is 10.7. The predicted molar refractivity (Wildman–Crippen MR) is 60.6 cm³/mol. The van der Waals surface area contributed by atoms with Gasteiger partial charge in [0.2, 0.25) is 0 Å². The van der Waals surface area contributed by atoms with Crippen molar-refractivity contribution in [2.75, 3.05) is 0 Å². The number of nitro benzene ring substituents is 1. The second-order valence-electron chi connectivity index (χ2n) is 2.93. The van der Waals surface area contributed by atoms with Crippen LogP contribution >= 0.6 is 22.6 Å². The Kier molecular flexibility index (Phi) is 3.20. The number of nitrogens with zero attached hydrogens (tertiary/aromatic N) is 1. The average Bonchev–Trinajstić information content (AvgIpc) is 2.01. The lowest BCUT2D eigenvalue weighted by Crippen LogP contribution is -2.03. The van der Waals surface area contributed by atoms with E-state index in [9.17, 15) is 14.9 Å². The number of aryl methyl sites for hydroxylation is 1. The van der Waals surface area contributed by atoms with Crippen molar-refractivity contribution in [2.45, 2.75) is 13.8 Å². The van der Waals surface area contributed by atoms with Gasteiger partial charge in [-0.3, -0.25) is 14.9 Å². The summed E-state index contributed by atoms with van der Waals surface area (Å²) in [4.78, 5) is 21.4. The van der Waals surface area contributed by atoms with Crippen molar-refractivity contribution in [3.05, 3.63) is 36.9 Å². The maximum Gasteiger partial charge on any atom is 0.281 e. The topological polar surface area (TPSA) is 60.2 Å². The first-order valence-electron chi connectivity index (χ1n) is 3.89. The van der Waals surface area contributed by atoms with Crippen molar-refractivity contribution in [2.24, 2.45) is 0 Å². The molecule has 0 atom stereocenters. The zero-order valence-electron chi connectivity index (χ0n) is 7.70. The minimum atomic E-state index is -0.522. The van der Waals surface area contributed by atoms with Crippen LogP contribution in [0.3, 0.4) is 0 Å². The van der Waals surface area contributed by atoms with E-state index in [1.165, 1.54) is 13.0 Å². The van der Waals surface area contributed by atoms with Crippen LogP contribution in [0.4, 0.5) is 5.69 Å². The van der Waals surface area contributed by atoms with E-state index in [0.717, 1.165) is 3.57 Å². The van der Waals surface area contributed by atoms with Gasteiger partial charge in [0.15, 0.2) is 5.78 Å². The Morgan fingerprint density at radius 2 is 2.07 bits per heavy atom. The summed E-state index contributed by atoms with van der Waals surface area (Å²) in [5.41, 5.74) is 0.744. The van der Waals surface area contributed by atoms with Gasteiger partial charge in [0.1, 0.15) is 0 Å². The molecule has 4 nitrogen and oxygen atoms in total. The van der Waals surface area contributed by atoms with Gasteiger partial charge >= 0.3 is 0 Å². The molecule has 1 aromatic rings. The molecule has 0 aliphatic rings. The third-order valence-electron chi connectivity index (χ3n) is 1.83. The third kappa shape index (κ3) is 2.09. The number of hydrogen-bond acceptors (Lipinski definition) is 3. The van der Waals surface area contributed by atoms with Gasteiger partial charge in [-0.2, -0.15) is 0 Å². The SMILES string of the molecule is CC(=O)c1c(C)cc(I)cc1[N+](=O)[O-].